The molecule has 100 valence electrons. The van der Waals surface area contributed by atoms with E-state index in [2.05, 4.69) is 21.4 Å². The van der Waals surface area contributed by atoms with Gasteiger partial charge in [0.2, 0.25) is 0 Å². The van der Waals surface area contributed by atoms with E-state index in [1.54, 1.807) is 0 Å². The Hall–Kier alpha value is -1.33. The lowest BCUT2D eigenvalue weighted by molar-refractivity contribution is 0.431. The first-order chi connectivity index (χ1) is 9.20. The number of aryl methyl sites for hydroxylation is 2. The normalized spacial score (nSPS) is 14.8. The van der Waals surface area contributed by atoms with Crippen molar-refractivity contribution in [2.45, 2.75) is 49.5 Å². The average molecular weight is 275 g/mol. The van der Waals surface area contributed by atoms with Gasteiger partial charge in [-0.2, -0.15) is 0 Å². The number of nitrogens with one attached hydrogen (secondary N) is 1. The van der Waals surface area contributed by atoms with Crippen molar-refractivity contribution in [1.29, 1.82) is 0 Å². The summed E-state index contributed by atoms with van der Waals surface area (Å²) in [5.74, 6) is 0.868. The summed E-state index contributed by atoms with van der Waals surface area (Å²) in [7, 11) is 0. The van der Waals surface area contributed by atoms with E-state index in [-0.39, 0.29) is 0 Å². The summed E-state index contributed by atoms with van der Waals surface area (Å²) >= 11 is 1.46. The second kappa shape index (κ2) is 5.35. The lowest BCUT2D eigenvalue weighted by Gasteiger charge is -2.03. The van der Waals surface area contributed by atoms with Crippen LogP contribution in [-0.4, -0.2) is 16.0 Å². The van der Waals surface area contributed by atoms with Crippen molar-refractivity contribution in [2.24, 2.45) is 0 Å². The van der Waals surface area contributed by atoms with E-state index in [1.165, 1.54) is 30.2 Å². The Kier molecular flexibility index (Phi) is 3.57. The van der Waals surface area contributed by atoms with Crippen molar-refractivity contribution < 1.29 is 4.42 Å². The van der Waals surface area contributed by atoms with Gasteiger partial charge in [-0.15, -0.1) is 0 Å². The molecule has 3 rings (SSSR count). The maximum atomic E-state index is 5.54. The number of aromatic nitrogens is 2. The van der Waals surface area contributed by atoms with Crippen LogP contribution in [0.2, 0.25) is 0 Å². The molecule has 0 unspecified atom stereocenters. The minimum Gasteiger partial charge on any atom is -0.436 e. The van der Waals surface area contributed by atoms with Crippen LogP contribution in [0.5, 0.6) is 0 Å². The Labute approximate surface area is 117 Å². The van der Waals surface area contributed by atoms with Crippen LogP contribution in [0, 0.1) is 13.8 Å². The number of oxazole rings is 1. The molecule has 2 heterocycles. The van der Waals surface area contributed by atoms with Crippen molar-refractivity contribution >= 4 is 11.8 Å². The Bertz CT molecular complexity index is 541. The van der Waals surface area contributed by atoms with Gasteiger partial charge in [0.15, 0.2) is 0 Å². The highest BCUT2D eigenvalue weighted by Crippen LogP contribution is 2.27. The van der Waals surface area contributed by atoms with Crippen LogP contribution in [0.25, 0.3) is 0 Å². The highest BCUT2D eigenvalue weighted by molar-refractivity contribution is 7.99. The summed E-state index contributed by atoms with van der Waals surface area (Å²) in [6.07, 6.45) is 4.54. The molecule has 1 N–H and O–H groups in total. The molecule has 2 aromatic heterocycles. The van der Waals surface area contributed by atoms with Crippen LogP contribution in [0.4, 0.5) is 0 Å². The summed E-state index contributed by atoms with van der Waals surface area (Å²) in [5, 5.41) is 5.05. The topological polar surface area (TPSA) is 51.0 Å². The van der Waals surface area contributed by atoms with E-state index in [4.69, 9.17) is 4.42 Å². The third-order valence-corrected chi connectivity index (χ3v) is 3.97. The molecule has 1 aliphatic rings. The molecule has 0 aliphatic heterocycles. The third-order valence-electron chi connectivity index (χ3n) is 3.17. The molecule has 0 atom stereocenters. The zero-order chi connectivity index (χ0) is 13.2. The highest BCUT2D eigenvalue weighted by atomic mass is 32.2. The van der Waals surface area contributed by atoms with Crippen LogP contribution in [0.15, 0.2) is 33.0 Å². The van der Waals surface area contributed by atoms with Gasteiger partial charge in [-0.1, -0.05) is 6.07 Å². The van der Waals surface area contributed by atoms with Gasteiger partial charge in [0.25, 0.3) is 5.22 Å². The van der Waals surface area contributed by atoms with Gasteiger partial charge in [-0.3, -0.25) is 0 Å². The summed E-state index contributed by atoms with van der Waals surface area (Å²) in [6, 6.07) is 4.85. The predicted octanol–water partition coefficient (Wildman–Crippen LogP) is 3.09. The van der Waals surface area contributed by atoms with Crippen molar-refractivity contribution in [3.63, 3.8) is 0 Å². The molecule has 19 heavy (non-hydrogen) atoms. The fraction of sp³-hybridized carbons (Fsp3) is 0.429. The zero-order valence-electron chi connectivity index (χ0n) is 11.1. The number of nitrogens with zero attached hydrogens (tertiary/aromatic N) is 2. The molecule has 1 fully saturated rings. The van der Waals surface area contributed by atoms with Crippen LogP contribution >= 0.6 is 11.8 Å². The van der Waals surface area contributed by atoms with E-state index in [1.807, 2.05) is 26.1 Å². The summed E-state index contributed by atoms with van der Waals surface area (Å²) in [6.45, 7) is 4.77. The van der Waals surface area contributed by atoms with Crippen LogP contribution in [0.1, 0.15) is 29.9 Å². The maximum Gasteiger partial charge on any atom is 0.262 e. The van der Waals surface area contributed by atoms with Gasteiger partial charge in [0.1, 0.15) is 10.8 Å². The van der Waals surface area contributed by atoms with Gasteiger partial charge in [0.05, 0.1) is 5.69 Å². The summed E-state index contributed by atoms with van der Waals surface area (Å²) in [4.78, 5) is 8.77. The Balaban J connectivity index is 1.61. The average Bonchev–Trinajstić information content (AvgIpc) is 3.16. The molecule has 0 aromatic carbocycles. The fourth-order valence-electron chi connectivity index (χ4n) is 1.70. The van der Waals surface area contributed by atoms with Crippen molar-refractivity contribution in [1.82, 2.24) is 15.3 Å². The Morgan fingerprint density at radius 1 is 1.37 bits per heavy atom. The first kappa shape index (κ1) is 12.7. The van der Waals surface area contributed by atoms with Gasteiger partial charge in [-0.05, 0) is 50.1 Å². The molecule has 0 amide bonds. The predicted molar refractivity (Wildman–Crippen MR) is 74.2 cm³/mol. The summed E-state index contributed by atoms with van der Waals surface area (Å²) < 4.78 is 5.54. The van der Waals surface area contributed by atoms with E-state index in [0.717, 1.165) is 29.1 Å². The third kappa shape index (κ3) is 3.36. The van der Waals surface area contributed by atoms with Gasteiger partial charge >= 0.3 is 0 Å². The van der Waals surface area contributed by atoms with Crippen molar-refractivity contribution in [3.05, 3.63) is 35.3 Å². The first-order valence-electron chi connectivity index (χ1n) is 6.51. The molecule has 1 saturated carbocycles. The van der Waals surface area contributed by atoms with Crippen molar-refractivity contribution in [3.8, 4) is 0 Å². The molecule has 4 nitrogen and oxygen atoms in total. The quantitative estimate of drug-likeness (QED) is 0.908. The van der Waals surface area contributed by atoms with Gasteiger partial charge < -0.3 is 9.73 Å². The van der Waals surface area contributed by atoms with Gasteiger partial charge in [0, 0.05) is 18.8 Å². The van der Waals surface area contributed by atoms with E-state index >= 15 is 0 Å². The minimum absolute atomic E-state index is 0.659. The smallest absolute Gasteiger partial charge is 0.262 e. The number of hydrogen-bond acceptors (Lipinski definition) is 5. The largest absolute Gasteiger partial charge is 0.436 e. The molecule has 0 spiro atoms. The fourth-order valence-corrected chi connectivity index (χ4v) is 2.47. The van der Waals surface area contributed by atoms with Crippen molar-refractivity contribution in [2.75, 3.05) is 0 Å². The van der Waals surface area contributed by atoms with Crippen LogP contribution < -0.4 is 5.32 Å². The number of pyridine rings is 1. The van der Waals surface area contributed by atoms with Crippen LogP contribution in [0.3, 0.4) is 0 Å². The van der Waals surface area contributed by atoms with Crippen LogP contribution in [-0.2, 0) is 6.54 Å². The molecule has 5 heteroatoms. The first-order valence-corrected chi connectivity index (χ1v) is 7.32. The van der Waals surface area contributed by atoms with E-state index in [0.29, 0.717) is 5.22 Å². The molecule has 0 radical (unpaired) electrons. The Morgan fingerprint density at radius 3 is 2.79 bits per heavy atom. The minimum atomic E-state index is 0.659. The monoisotopic (exact) mass is 275 g/mol. The standard InChI is InChI=1S/C14H17N3OS/c1-9-10(2)18-14(17-9)19-13-6-3-11(8-16-13)7-15-12-4-5-12/h3,6,8,12,15H,4-5,7H2,1-2H3. The molecule has 1 aliphatic carbocycles. The molecule has 0 saturated heterocycles. The molecular formula is C14H17N3OS. The molecule has 0 bridgehead atoms. The van der Waals surface area contributed by atoms with E-state index < -0.39 is 0 Å². The second-order valence-corrected chi connectivity index (χ2v) is 5.85. The SMILES string of the molecule is Cc1nc(Sc2ccc(CNC3CC3)cn2)oc1C. The summed E-state index contributed by atoms with van der Waals surface area (Å²) in [5.41, 5.74) is 2.16. The van der Waals surface area contributed by atoms with E-state index in [9.17, 15) is 0 Å². The maximum absolute atomic E-state index is 5.54. The lowest BCUT2D eigenvalue weighted by Crippen LogP contribution is -2.15. The van der Waals surface area contributed by atoms with Gasteiger partial charge in [-0.25, -0.2) is 9.97 Å². The lowest BCUT2D eigenvalue weighted by atomic mass is 10.3. The number of rotatable bonds is 5. The number of hydrogen-bond donors (Lipinski definition) is 1. The molecule has 2 aromatic rings. The molecular weight excluding hydrogens is 258 g/mol. The zero-order valence-corrected chi connectivity index (χ0v) is 12.0. The second-order valence-electron chi connectivity index (χ2n) is 4.88. The Morgan fingerprint density at radius 2 is 2.21 bits per heavy atom. The highest BCUT2D eigenvalue weighted by Gasteiger charge is 2.19.